The van der Waals surface area contributed by atoms with Crippen molar-refractivity contribution in [2.24, 2.45) is 5.73 Å². The Hall–Kier alpha value is -0.630. The fraction of sp³-hybridized carbons (Fsp3) is 0.500. The number of rotatable bonds is 3. The number of carbonyl (C=O) groups is 1. The first-order valence-corrected chi connectivity index (χ1v) is 2.70. The van der Waals surface area contributed by atoms with Gasteiger partial charge in [-0.05, 0) is 6.08 Å². The van der Waals surface area contributed by atoms with Gasteiger partial charge in [0, 0.05) is 13.0 Å². The molecule has 0 heterocycles. The minimum Gasteiger partial charge on any atom is -0.327 e. The molecule has 0 rings (SSSR count). The van der Waals surface area contributed by atoms with Gasteiger partial charge in [-0.3, -0.25) is 4.79 Å². The van der Waals surface area contributed by atoms with Crippen molar-refractivity contribution in [3.63, 3.8) is 0 Å². The predicted molar refractivity (Wildman–Crippen MR) is 33.5 cm³/mol. The first-order valence-electron chi connectivity index (χ1n) is 2.70. The predicted octanol–water partition coefficient (Wildman–Crippen LogP) is 0.480. The highest BCUT2D eigenvalue weighted by molar-refractivity contribution is 5.89. The van der Waals surface area contributed by atoms with Gasteiger partial charge in [-0.15, -0.1) is 0 Å². The van der Waals surface area contributed by atoms with Gasteiger partial charge in [0.25, 0.3) is 0 Å². The van der Waals surface area contributed by atoms with Crippen molar-refractivity contribution in [3.05, 3.63) is 12.2 Å². The Labute approximate surface area is 49.4 Å². The molecule has 0 aliphatic heterocycles. The van der Waals surface area contributed by atoms with E-state index < -0.39 is 0 Å². The van der Waals surface area contributed by atoms with Crippen LogP contribution in [0.5, 0.6) is 0 Å². The van der Waals surface area contributed by atoms with Gasteiger partial charge in [-0.25, -0.2) is 0 Å². The van der Waals surface area contributed by atoms with Crippen LogP contribution in [0, 0.1) is 0 Å². The summed E-state index contributed by atoms with van der Waals surface area (Å²) < 4.78 is 0. The maximum absolute atomic E-state index is 10.4. The first-order chi connectivity index (χ1) is 3.81. The van der Waals surface area contributed by atoms with Crippen molar-refractivity contribution in [2.45, 2.75) is 13.3 Å². The molecule has 0 bridgehead atoms. The fourth-order valence-corrected chi connectivity index (χ4v) is 0.317. The molecule has 0 spiro atoms. The van der Waals surface area contributed by atoms with E-state index >= 15 is 0 Å². The van der Waals surface area contributed by atoms with Crippen LogP contribution >= 0.6 is 0 Å². The molecule has 0 unspecified atom stereocenters. The molecule has 46 valence electrons. The molecule has 0 saturated carbocycles. The van der Waals surface area contributed by atoms with E-state index in [1.165, 1.54) is 6.08 Å². The molecule has 0 aromatic carbocycles. The lowest BCUT2D eigenvalue weighted by atomic mass is 10.3. The summed E-state index contributed by atoms with van der Waals surface area (Å²) in [5.41, 5.74) is 5.09. The maximum atomic E-state index is 10.4. The molecule has 0 fully saturated rings. The van der Waals surface area contributed by atoms with Gasteiger partial charge < -0.3 is 5.73 Å². The average molecular weight is 113 g/mol. The summed E-state index contributed by atoms with van der Waals surface area (Å²) in [5, 5.41) is 0. The number of nitrogens with two attached hydrogens (primary N) is 1. The first kappa shape index (κ1) is 7.37. The van der Waals surface area contributed by atoms with Crippen molar-refractivity contribution in [1.82, 2.24) is 0 Å². The van der Waals surface area contributed by atoms with Crippen molar-refractivity contribution < 1.29 is 4.79 Å². The van der Waals surface area contributed by atoms with Crippen LogP contribution in [0.2, 0.25) is 0 Å². The van der Waals surface area contributed by atoms with Gasteiger partial charge in [0.05, 0.1) is 0 Å². The minimum atomic E-state index is 0.135. The van der Waals surface area contributed by atoms with E-state index in [1.54, 1.807) is 6.08 Å². The summed E-state index contributed by atoms with van der Waals surface area (Å²) in [6.07, 6.45) is 3.74. The van der Waals surface area contributed by atoms with Crippen LogP contribution in [0.4, 0.5) is 0 Å². The Morgan fingerprint density at radius 3 is 2.75 bits per heavy atom. The molecular formula is C6H11NO. The number of allylic oxidation sites excluding steroid dienone is 1. The minimum absolute atomic E-state index is 0.135. The molecule has 2 nitrogen and oxygen atoms in total. The van der Waals surface area contributed by atoms with Gasteiger partial charge in [-0.2, -0.15) is 0 Å². The van der Waals surface area contributed by atoms with Crippen LogP contribution in [0.1, 0.15) is 13.3 Å². The summed E-state index contributed by atoms with van der Waals surface area (Å²) in [4.78, 5) is 10.4. The molecule has 0 saturated heterocycles. The van der Waals surface area contributed by atoms with Crippen LogP contribution in [0.3, 0.4) is 0 Å². The zero-order valence-electron chi connectivity index (χ0n) is 5.05. The third kappa shape index (κ3) is 3.56. The summed E-state index contributed by atoms with van der Waals surface area (Å²) >= 11 is 0. The molecule has 0 atom stereocenters. The van der Waals surface area contributed by atoms with Gasteiger partial charge in [-0.1, -0.05) is 13.0 Å². The van der Waals surface area contributed by atoms with Gasteiger partial charge in [0.1, 0.15) is 0 Å². The highest BCUT2D eigenvalue weighted by atomic mass is 16.1. The van der Waals surface area contributed by atoms with Crippen molar-refractivity contribution in [2.75, 3.05) is 6.54 Å². The molecule has 0 amide bonds. The highest BCUT2D eigenvalue weighted by Crippen LogP contribution is 1.80. The largest absolute Gasteiger partial charge is 0.327 e. The van der Waals surface area contributed by atoms with Crippen LogP contribution in [0.25, 0.3) is 0 Å². The maximum Gasteiger partial charge on any atom is 0.155 e. The molecule has 2 N–H and O–H groups in total. The Kier molecular flexibility index (Phi) is 4.17. The SMILES string of the molecule is CCC(=O)/C=C/CN. The Bertz CT molecular complexity index is 96.7. The number of carbonyl (C=O) groups excluding carboxylic acids is 1. The highest BCUT2D eigenvalue weighted by Gasteiger charge is 1.85. The normalized spacial score (nSPS) is 10.2. The van der Waals surface area contributed by atoms with Gasteiger partial charge >= 0.3 is 0 Å². The average Bonchev–Trinajstić information content (AvgIpc) is 1.83. The molecule has 0 aromatic heterocycles. The fourth-order valence-electron chi connectivity index (χ4n) is 0.317. The summed E-state index contributed by atoms with van der Waals surface area (Å²) in [5.74, 6) is 0.135. The van der Waals surface area contributed by atoms with E-state index in [2.05, 4.69) is 0 Å². The smallest absolute Gasteiger partial charge is 0.155 e. The van der Waals surface area contributed by atoms with E-state index in [0.29, 0.717) is 13.0 Å². The standard InChI is InChI=1S/C6H11NO/c1-2-6(8)4-3-5-7/h3-4H,2,5,7H2,1H3/b4-3+. The second-order valence-electron chi connectivity index (χ2n) is 1.46. The topological polar surface area (TPSA) is 43.1 Å². The molecule has 2 heteroatoms. The number of ketones is 1. The lowest BCUT2D eigenvalue weighted by molar-refractivity contribution is -0.114. The van der Waals surface area contributed by atoms with Crippen LogP contribution in [-0.4, -0.2) is 12.3 Å². The van der Waals surface area contributed by atoms with Crippen LogP contribution in [-0.2, 0) is 4.79 Å². The van der Waals surface area contributed by atoms with Crippen molar-refractivity contribution in [1.29, 1.82) is 0 Å². The van der Waals surface area contributed by atoms with E-state index in [0.717, 1.165) is 0 Å². The number of hydrogen-bond donors (Lipinski definition) is 1. The quantitative estimate of drug-likeness (QED) is 0.541. The lowest BCUT2D eigenvalue weighted by Crippen LogP contribution is -1.95. The van der Waals surface area contributed by atoms with E-state index in [1.807, 2.05) is 6.92 Å². The summed E-state index contributed by atoms with van der Waals surface area (Å²) in [7, 11) is 0. The molecule has 0 aromatic rings. The molecule has 0 aliphatic rings. The molecule has 0 radical (unpaired) electrons. The number of hydrogen-bond acceptors (Lipinski definition) is 2. The van der Waals surface area contributed by atoms with Gasteiger partial charge in [0.15, 0.2) is 5.78 Å². The van der Waals surface area contributed by atoms with Crippen LogP contribution in [0.15, 0.2) is 12.2 Å². The van der Waals surface area contributed by atoms with Crippen LogP contribution < -0.4 is 5.73 Å². The Balaban J connectivity index is 3.37. The Morgan fingerprint density at radius 2 is 2.38 bits per heavy atom. The van der Waals surface area contributed by atoms with Crippen molar-refractivity contribution >= 4 is 5.78 Å². The van der Waals surface area contributed by atoms with Gasteiger partial charge in [0.2, 0.25) is 0 Å². The Morgan fingerprint density at radius 1 is 1.75 bits per heavy atom. The third-order valence-corrected chi connectivity index (χ3v) is 0.788. The molecular weight excluding hydrogens is 102 g/mol. The second kappa shape index (κ2) is 4.53. The lowest BCUT2D eigenvalue weighted by Gasteiger charge is -1.81. The molecule has 0 aliphatic carbocycles. The third-order valence-electron chi connectivity index (χ3n) is 0.788. The van der Waals surface area contributed by atoms with Crippen molar-refractivity contribution in [3.8, 4) is 0 Å². The summed E-state index contributed by atoms with van der Waals surface area (Å²) in [6.45, 7) is 2.27. The van der Waals surface area contributed by atoms with E-state index in [4.69, 9.17) is 5.73 Å². The zero-order valence-corrected chi connectivity index (χ0v) is 5.05. The molecule has 8 heavy (non-hydrogen) atoms. The second-order valence-corrected chi connectivity index (χ2v) is 1.46. The summed E-state index contributed by atoms with van der Waals surface area (Å²) in [6, 6.07) is 0. The monoisotopic (exact) mass is 113 g/mol. The van der Waals surface area contributed by atoms with E-state index in [-0.39, 0.29) is 5.78 Å². The zero-order chi connectivity index (χ0) is 6.41. The van der Waals surface area contributed by atoms with E-state index in [9.17, 15) is 4.79 Å².